The fourth-order valence-corrected chi connectivity index (χ4v) is 5.75. The topological polar surface area (TPSA) is 114 Å². The SMILES string of the molecule is CCC(NNC(=O)N=C1SCC(=O)N1c1cc(C)ccc1C(C)C)c1ccc(-c2ncn(-c3ccc(OC(F)(F)F)cc3)n2)cc1. The molecule has 0 saturated carbocycles. The van der Waals surface area contributed by atoms with Crippen molar-refractivity contribution in [2.24, 2.45) is 4.99 Å². The predicted molar refractivity (Wildman–Crippen MR) is 171 cm³/mol. The van der Waals surface area contributed by atoms with Crippen LogP contribution < -0.4 is 20.5 Å². The Morgan fingerprint density at radius 2 is 1.80 bits per heavy atom. The maximum absolute atomic E-state index is 12.9. The van der Waals surface area contributed by atoms with E-state index >= 15 is 0 Å². The highest BCUT2D eigenvalue weighted by atomic mass is 32.2. The lowest BCUT2D eigenvalue weighted by molar-refractivity contribution is -0.274. The van der Waals surface area contributed by atoms with Crippen LogP contribution in [-0.2, 0) is 4.79 Å². The first-order valence-corrected chi connectivity index (χ1v) is 15.5. The van der Waals surface area contributed by atoms with Gasteiger partial charge in [-0.1, -0.05) is 68.9 Å². The number of hydrazine groups is 1. The Bertz CT molecular complexity index is 1740. The van der Waals surface area contributed by atoms with Gasteiger partial charge in [0.1, 0.15) is 12.1 Å². The number of carbonyl (C=O) groups excluding carboxylic acids is 2. The first-order chi connectivity index (χ1) is 21.9. The molecule has 0 spiro atoms. The number of anilines is 1. The van der Waals surface area contributed by atoms with Gasteiger partial charge in [-0.15, -0.1) is 18.3 Å². The van der Waals surface area contributed by atoms with Gasteiger partial charge in [0.25, 0.3) is 0 Å². The predicted octanol–water partition coefficient (Wildman–Crippen LogP) is 7.07. The Hall–Kier alpha value is -4.69. The zero-order valence-corrected chi connectivity index (χ0v) is 26.3. The van der Waals surface area contributed by atoms with E-state index in [1.807, 2.05) is 56.3 Å². The fraction of sp³-hybridized carbons (Fsp3) is 0.281. The van der Waals surface area contributed by atoms with E-state index in [2.05, 4.69) is 44.5 Å². The van der Waals surface area contributed by atoms with Gasteiger partial charge >= 0.3 is 12.4 Å². The minimum absolute atomic E-state index is 0.128. The van der Waals surface area contributed by atoms with Gasteiger partial charge in [0.2, 0.25) is 5.91 Å². The van der Waals surface area contributed by atoms with Crippen molar-refractivity contribution >= 4 is 34.6 Å². The Morgan fingerprint density at radius 3 is 2.46 bits per heavy atom. The molecule has 3 amide bonds. The summed E-state index contributed by atoms with van der Waals surface area (Å²) in [6.45, 7) is 8.03. The molecule has 1 saturated heterocycles. The van der Waals surface area contributed by atoms with Crippen LogP contribution in [0.2, 0.25) is 0 Å². The summed E-state index contributed by atoms with van der Waals surface area (Å²) >= 11 is 1.22. The number of halogens is 3. The number of nitrogens with one attached hydrogen (secondary N) is 2. The van der Waals surface area contributed by atoms with E-state index < -0.39 is 12.4 Å². The number of ether oxygens (including phenoxy) is 1. The Balaban J connectivity index is 1.23. The van der Waals surface area contributed by atoms with E-state index in [4.69, 9.17) is 0 Å². The number of aryl methyl sites for hydroxylation is 1. The van der Waals surface area contributed by atoms with Gasteiger partial charge in [-0.2, -0.15) is 4.99 Å². The molecular formula is C32H32F3N7O3S. The van der Waals surface area contributed by atoms with Crippen LogP contribution in [0.4, 0.5) is 23.7 Å². The van der Waals surface area contributed by atoms with Gasteiger partial charge in [0.05, 0.1) is 23.2 Å². The van der Waals surface area contributed by atoms with E-state index in [0.29, 0.717) is 23.1 Å². The summed E-state index contributed by atoms with van der Waals surface area (Å²) in [7, 11) is 0. The van der Waals surface area contributed by atoms with Crippen molar-refractivity contribution in [3.8, 4) is 22.8 Å². The number of urea groups is 1. The largest absolute Gasteiger partial charge is 0.573 e. The molecule has 0 bridgehead atoms. The second kappa shape index (κ2) is 13.7. The zero-order chi connectivity index (χ0) is 33.0. The van der Waals surface area contributed by atoms with Crippen molar-refractivity contribution < 1.29 is 27.5 Å². The molecule has 1 unspecified atom stereocenters. The highest BCUT2D eigenvalue weighted by Gasteiger charge is 2.33. The molecule has 3 aromatic carbocycles. The smallest absolute Gasteiger partial charge is 0.406 e. The second-order valence-corrected chi connectivity index (χ2v) is 11.8. The van der Waals surface area contributed by atoms with Crippen LogP contribution in [-0.4, -0.2) is 44.0 Å². The number of carbonyl (C=O) groups is 2. The molecule has 14 heteroatoms. The van der Waals surface area contributed by atoms with Gasteiger partial charge in [0, 0.05) is 5.56 Å². The molecule has 2 N–H and O–H groups in total. The third-order valence-electron chi connectivity index (χ3n) is 7.17. The lowest BCUT2D eigenvalue weighted by atomic mass is 9.99. The van der Waals surface area contributed by atoms with E-state index in [0.717, 1.165) is 27.9 Å². The molecule has 5 rings (SSSR count). The molecule has 1 aliphatic heterocycles. The lowest BCUT2D eigenvalue weighted by Gasteiger charge is -2.22. The van der Waals surface area contributed by atoms with Gasteiger partial charge in [0.15, 0.2) is 11.0 Å². The van der Waals surface area contributed by atoms with Crippen molar-refractivity contribution in [3.05, 3.63) is 89.7 Å². The van der Waals surface area contributed by atoms with E-state index in [1.54, 1.807) is 0 Å². The number of hydrogen-bond donors (Lipinski definition) is 2. The number of aliphatic imine (C=N–C) groups is 1. The van der Waals surface area contributed by atoms with E-state index in [-0.39, 0.29) is 29.4 Å². The number of amides is 3. The summed E-state index contributed by atoms with van der Waals surface area (Å²) < 4.78 is 42.7. The van der Waals surface area contributed by atoms with Crippen LogP contribution >= 0.6 is 11.8 Å². The van der Waals surface area contributed by atoms with Crippen LogP contribution in [0.25, 0.3) is 17.1 Å². The summed E-state index contributed by atoms with van der Waals surface area (Å²) in [5.74, 6) is 0.347. The molecule has 0 radical (unpaired) electrons. The van der Waals surface area contributed by atoms with Gasteiger partial charge < -0.3 is 4.74 Å². The van der Waals surface area contributed by atoms with Crippen LogP contribution in [0, 0.1) is 6.92 Å². The highest BCUT2D eigenvalue weighted by molar-refractivity contribution is 8.15. The van der Waals surface area contributed by atoms with Crippen LogP contribution in [0.3, 0.4) is 0 Å². The van der Waals surface area contributed by atoms with Gasteiger partial charge in [-0.3, -0.25) is 15.1 Å². The standard InChI is InChI=1S/C32H32F3N7O3S/c1-5-26(38-39-30(44)37-31-42(28(43)17-46-31)27-16-20(4)6-15-25(27)19(2)3)21-7-9-22(10-8-21)29-36-18-41(40-29)23-11-13-24(14-12-23)45-32(33,34)35/h6-16,18-19,26,38H,5,17H2,1-4H3,(H,39,44). The number of alkyl halides is 3. The van der Waals surface area contributed by atoms with Crippen molar-refractivity contribution in [1.29, 1.82) is 0 Å². The summed E-state index contributed by atoms with van der Waals surface area (Å²) in [5.41, 5.74) is 10.6. The normalized spacial score (nSPS) is 15.1. The number of nitrogens with zero attached hydrogens (tertiary/aromatic N) is 5. The average Bonchev–Trinajstić information content (AvgIpc) is 3.64. The first-order valence-electron chi connectivity index (χ1n) is 14.5. The fourth-order valence-electron chi connectivity index (χ4n) is 4.89. The number of amidine groups is 1. The average molecular weight is 652 g/mol. The molecule has 240 valence electrons. The molecular weight excluding hydrogens is 619 g/mol. The summed E-state index contributed by atoms with van der Waals surface area (Å²) in [5, 5.41) is 4.76. The molecule has 4 aromatic rings. The third kappa shape index (κ3) is 7.74. The molecule has 10 nitrogen and oxygen atoms in total. The number of aromatic nitrogens is 3. The second-order valence-electron chi connectivity index (χ2n) is 10.8. The molecule has 1 fully saturated rings. The molecule has 46 heavy (non-hydrogen) atoms. The van der Waals surface area contributed by atoms with E-state index in [9.17, 15) is 22.8 Å². The highest BCUT2D eigenvalue weighted by Crippen LogP contribution is 2.34. The van der Waals surface area contributed by atoms with Crippen LogP contribution in [0.5, 0.6) is 5.75 Å². The number of benzene rings is 3. The number of rotatable bonds is 9. The van der Waals surface area contributed by atoms with Crippen molar-refractivity contribution in [2.45, 2.75) is 52.4 Å². The molecule has 2 heterocycles. The maximum atomic E-state index is 12.9. The molecule has 1 aliphatic rings. The van der Waals surface area contributed by atoms with E-state index in [1.165, 1.54) is 51.9 Å². The maximum Gasteiger partial charge on any atom is 0.573 e. The van der Waals surface area contributed by atoms with Crippen LogP contribution in [0.15, 0.2) is 78.0 Å². The number of hydrogen-bond acceptors (Lipinski definition) is 7. The van der Waals surface area contributed by atoms with Gasteiger partial charge in [-0.05, 0) is 66.3 Å². The zero-order valence-electron chi connectivity index (χ0n) is 25.5. The quantitative estimate of drug-likeness (QED) is 0.186. The molecule has 0 aliphatic carbocycles. The third-order valence-corrected chi connectivity index (χ3v) is 8.09. The molecule has 1 aromatic heterocycles. The Morgan fingerprint density at radius 1 is 1.09 bits per heavy atom. The molecule has 1 atom stereocenters. The van der Waals surface area contributed by atoms with Gasteiger partial charge in [-0.25, -0.2) is 19.9 Å². The lowest BCUT2D eigenvalue weighted by Crippen LogP contribution is -2.39. The van der Waals surface area contributed by atoms with Crippen molar-refractivity contribution in [2.75, 3.05) is 10.7 Å². The minimum Gasteiger partial charge on any atom is -0.406 e. The minimum atomic E-state index is -4.77. The number of thioether (sulfide) groups is 1. The summed E-state index contributed by atoms with van der Waals surface area (Å²) in [6, 6.07) is 17.9. The van der Waals surface area contributed by atoms with Crippen molar-refractivity contribution in [1.82, 2.24) is 25.6 Å². The first kappa shape index (κ1) is 32.7. The summed E-state index contributed by atoms with van der Waals surface area (Å²) in [4.78, 5) is 35.8. The van der Waals surface area contributed by atoms with Crippen LogP contribution in [0.1, 0.15) is 55.8 Å². The monoisotopic (exact) mass is 651 g/mol. The Labute approximate surface area is 268 Å². The van der Waals surface area contributed by atoms with Crippen molar-refractivity contribution in [3.63, 3.8) is 0 Å². The Kier molecular flexibility index (Phi) is 9.77. The summed E-state index contributed by atoms with van der Waals surface area (Å²) in [6.07, 6.45) is -2.65.